The lowest BCUT2D eigenvalue weighted by atomic mass is 9.45. The number of amides is 2. The molecule has 0 aromatic rings. The van der Waals surface area contributed by atoms with Gasteiger partial charge in [0, 0.05) is 18.3 Å². The summed E-state index contributed by atoms with van der Waals surface area (Å²) in [7, 11) is 0. The summed E-state index contributed by atoms with van der Waals surface area (Å²) >= 11 is 0. The molecule has 13 nitrogen and oxygen atoms in total. The van der Waals surface area contributed by atoms with Gasteiger partial charge in [-0.15, -0.1) is 0 Å². The maximum atomic E-state index is 13.5. The van der Waals surface area contributed by atoms with Crippen molar-refractivity contribution in [3.8, 4) is 0 Å². The molecule has 0 aromatic heterocycles. The maximum Gasteiger partial charge on any atom is 0.328 e. The predicted octanol–water partition coefficient (Wildman–Crippen LogP) is 1.20. The molecule has 0 spiro atoms. The van der Waals surface area contributed by atoms with E-state index in [1.165, 1.54) is 6.92 Å². The highest BCUT2D eigenvalue weighted by atomic mass is 16.5. The summed E-state index contributed by atoms with van der Waals surface area (Å²) in [5.74, 6) is -4.79. The molecule has 0 heterocycles. The average Bonchev–Trinajstić information content (AvgIpc) is 3.26. The van der Waals surface area contributed by atoms with Crippen LogP contribution in [0.15, 0.2) is 11.6 Å². The highest BCUT2D eigenvalue weighted by Crippen LogP contribution is 2.67. The first-order valence-corrected chi connectivity index (χ1v) is 16.7. The SMILES string of the molecule is CC(C)[C@@H](NC(=O)CCC(=O)OCC(=O)[C@@]1(O)CC[C@H]2[C@H]3CCC4=CC(=O)CC[C@]4(C)[C@@H]3[C@@H](O)C[C@@]21C)C(=O)N[C@H](C(=O)O)[C@@H](C)O. The number of aliphatic carboxylic acids is 1. The number of nitrogens with one attached hydrogen (secondary N) is 2. The third-order valence-electron chi connectivity index (χ3n) is 11.7. The standard InChI is InChI=1S/C34H50N2O11/c1-17(2)28(30(43)36-29(18(3)37)31(44)45)35-25(41)8-9-26(42)47-16-24(40)34(46)13-11-22-21-7-6-19-14-20(38)10-12-32(19,4)27(21)23(39)15-33(22,34)5/h14,17-18,21-23,27-29,37,39,46H,6-13,15-16H2,1-5H3,(H,35,41)(H,36,43)(H,44,45)/t18-,21-,22+,23+,27+,28-,29+,32+,33+,34+/m1/s1. The number of fused-ring (bicyclic) bond motifs is 5. The number of allylic oxidation sites excluding steroid dienone is 1. The number of carbonyl (C=O) groups is 6. The Morgan fingerprint density at radius 2 is 1.68 bits per heavy atom. The molecule has 4 aliphatic carbocycles. The van der Waals surface area contributed by atoms with Crippen LogP contribution >= 0.6 is 0 Å². The van der Waals surface area contributed by atoms with Gasteiger partial charge in [-0.3, -0.25) is 24.0 Å². The monoisotopic (exact) mass is 662 g/mol. The zero-order chi connectivity index (χ0) is 35.1. The van der Waals surface area contributed by atoms with E-state index in [1.807, 2.05) is 6.92 Å². The van der Waals surface area contributed by atoms with Crippen LogP contribution in [-0.4, -0.2) is 92.2 Å². The van der Waals surface area contributed by atoms with Crippen molar-refractivity contribution in [1.29, 1.82) is 0 Å². The van der Waals surface area contributed by atoms with Gasteiger partial charge in [0.15, 0.2) is 18.4 Å². The minimum absolute atomic E-state index is 0.0299. The van der Waals surface area contributed by atoms with Crippen LogP contribution in [0.5, 0.6) is 0 Å². The average molecular weight is 663 g/mol. The van der Waals surface area contributed by atoms with E-state index in [1.54, 1.807) is 19.9 Å². The maximum absolute atomic E-state index is 13.5. The molecule has 0 radical (unpaired) electrons. The Labute approximate surface area is 274 Å². The first-order chi connectivity index (χ1) is 21.9. The van der Waals surface area contributed by atoms with Crippen molar-refractivity contribution in [2.45, 2.75) is 122 Å². The van der Waals surface area contributed by atoms with Crippen LogP contribution in [0.3, 0.4) is 0 Å². The lowest BCUT2D eigenvalue weighted by Gasteiger charge is -2.60. The third-order valence-corrected chi connectivity index (χ3v) is 11.7. The van der Waals surface area contributed by atoms with Gasteiger partial charge in [0.05, 0.1) is 18.6 Å². The number of hydrogen-bond acceptors (Lipinski definition) is 10. The number of aliphatic hydroxyl groups excluding tert-OH is 2. The molecule has 10 atom stereocenters. The molecule has 262 valence electrons. The zero-order valence-corrected chi connectivity index (χ0v) is 27.9. The molecule has 0 aliphatic heterocycles. The summed E-state index contributed by atoms with van der Waals surface area (Å²) in [5.41, 5.74) is -1.95. The Balaban J connectivity index is 1.32. The summed E-state index contributed by atoms with van der Waals surface area (Å²) in [6.07, 6.45) is 2.42. The minimum Gasteiger partial charge on any atom is -0.480 e. The normalized spacial score (nSPS) is 34.9. The number of ketones is 2. The third kappa shape index (κ3) is 6.89. The Morgan fingerprint density at radius 1 is 1.00 bits per heavy atom. The first kappa shape index (κ1) is 36.7. The molecule has 6 N–H and O–H groups in total. The second kappa shape index (κ2) is 13.8. The van der Waals surface area contributed by atoms with Crippen molar-refractivity contribution in [2.24, 2.45) is 34.5 Å². The quantitative estimate of drug-likeness (QED) is 0.163. The minimum atomic E-state index is -1.81. The predicted molar refractivity (Wildman–Crippen MR) is 166 cm³/mol. The smallest absolute Gasteiger partial charge is 0.328 e. The molecule has 0 aromatic carbocycles. The molecule has 13 heteroatoms. The van der Waals surface area contributed by atoms with E-state index >= 15 is 0 Å². The van der Waals surface area contributed by atoms with Crippen LogP contribution in [0.1, 0.15) is 92.4 Å². The van der Waals surface area contributed by atoms with E-state index in [0.717, 1.165) is 18.4 Å². The van der Waals surface area contributed by atoms with Crippen LogP contribution in [-0.2, 0) is 33.5 Å². The number of carboxylic acid groups (broad SMARTS) is 1. The van der Waals surface area contributed by atoms with E-state index in [2.05, 4.69) is 17.6 Å². The molecular weight excluding hydrogens is 612 g/mol. The van der Waals surface area contributed by atoms with E-state index < -0.39 is 83.8 Å². The highest BCUT2D eigenvalue weighted by molar-refractivity contribution is 5.93. The van der Waals surface area contributed by atoms with Crippen molar-refractivity contribution in [3.05, 3.63) is 11.6 Å². The number of carbonyl (C=O) groups excluding carboxylic acids is 5. The molecule has 47 heavy (non-hydrogen) atoms. The summed E-state index contributed by atoms with van der Waals surface area (Å²) in [6, 6.07) is -2.70. The van der Waals surface area contributed by atoms with Gasteiger partial charge in [-0.05, 0) is 80.6 Å². The number of Topliss-reactive ketones (excluding diaryl/α,β-unsaturated/α-hetero) is 1. The van der Waals surface area contributed by atoms with Gasteiger partial charge in [-0.25, -0.2) is 4.79 Å². The van der Waals surface area contributed by atoms with Crippen LogP contribution < -0.4 is 10.6 Å². The fourth-order valence-electron chi connectivity index (χ4n) is 9.12. The largest absolute Gasteiger partial charge is 0.480 e. The van der Waals surface area contributed by atoms with Crippen molar-refractivity contribution in [2.75, 3.05) is 6.61 Å². The van der Waals surface area contributed by atoms with Crippen molar-refractivity contribution in [1.82, 2.24) is 10.6 Å². The number of carboxylic acids is 1. The Bertz CT molecular complexity index is 1330. The number of hydrogen-bond donors (Lipinski definition) is 6. The molecule has 0 saturated heterocycles. The number of rotatable bonds is 12. The molecule has 4 aliphatic rings. The molecule has 0 bridgehead atoms. The number of esters is 1. The molecular formula is C34H50N2O11. The Hall–Kier alpha value is -3.16. The van der Waals surface area contributed by atoms with Crippen LogP contribution in [0.25, 0.3) is 0 Å². The highest BCUT2D eigenvalue weighted by Gasteiger charge is 2.68. The van der Waals surface area contributed by atoms with Gasteiger partial charge in [0.25, 0.3) is 0 Å². The molecule has 0 unspecified atom stereocenters. The molecule has 3 saturated carbocycles. The van der Waals surface area contributed by atoms with Crippen LogP contribution in [0.2, 0.25) is 0 Å². The van der Waals surface area contributed by atoms with Gasteiger partial charge < -0.3 is 35.8 Å². The van der Waals surface area contributed by atoms with E-state index in [4.69, 9.17) is 4.74 Å². The van der Waals surface area contributed by atoms with E-state index in [-0.39, 0.29) is 48.2 Å². The zero-order valence-electron chi connectivity index (χ0n) is 27.9. The van der Waals surface area contributed by atoms with Gasteiger partial charge in [-0.1, -0.05) is 33.3 Å². The fraction of sp³-hybridized carbons (Fsp3) is 0.765. The topological polar surface area (TPSA) is 217 Å². The lowest BCUT2D eigenvalue weighted by Crippen LogP contribution is -2.62. The molecule has 4 rings (SSSR count). The van der Waals surface area contributed by atoms with E-state index in [9.17, 15) is 49.2 Å². The van der Waals surface area contributed by atoms with Gasteiger partial charge >= 0.3 is 11.9 Å². The van der Waals surface area contributed by atoms with E-state index in [0.29, 0.717) is 19.3 Å². The van der Waals surface area contributed by atoms with Gasteiger partial charge in [-0.2, -0.15) is 0 Å². The summed E-state index contributed by atoms with van der Waals surface area (Å²) < 4.78 is 5.19. The Kier molecular flexibility index (Phi) is 10.7. The number of ether oxygens (including phenoxy) is 1. The second-order valence-electron chi connectivity index (χ2n) is 14.9. The summed E-state index contributed by atoms with van der Waals surface area (Å²) in [4.78, 5) is 74.7. The Morgan fingerprint density at radius 3 is 2.30 bits per heavy atom. The van der Waals surface area contributed by atoms with Crippen LogP contribution in [0, 0.1) is 34.5 Å². The van der Waals surface area contributed by atoms with Gasteiger partial charge in [0.1, 0.15) is 11.6 Å². The van der Waals surface area contributed by atoms with Crippen LogP contribution in [0.4, 0.5) is 0 Å². The van der Waals surface area contributed by atoms with Crippen molar-refractivity contribution < 1.29 is 53.9 Å². The fourth-order valence-corrected chi connectivity index (χ4v) is 9.12. The first-order valence-electron chi connectivity index (χ1n) is 16.7. The summed E-state index contributed by atoms with van der Waals surface area (Å²) in [5, 5.41) is 46.9. The second-order valence-corrected chi connectivity index (χ2v) is 14.9. The summed E-state index contributed by atoms with van der Waals surface area (Å²) in [6.45, 7) is 7.75. The molecule has 3 fully saturated rings. The van der Waals surface area contributed by atoms with Gasteiger partial charge in [0.2, 0.25) is 17.6 Å². The molecule has 2 amide bonds. The lowest BCUT2D eigenvalue weighted by molar-refractivity contribution is -0.184. The number of aliphatic hydroxyl groups is 3. The van der Waals surface area contributed by atoms with Crippen molar-refractivity contribution in [3.63, 3.8) is 0 Å². The van der Waals surface area contributed by atoms with Crippen molar-refractivity contribution >= 4 is 35.3 Å².